The molecule has 1 radical (unpaired) electrons. The van der Waals surface area contributed by atoms with Gasteiger partial charge in [-0.3, -0.25) is 0 Å². The topological polar surface area (TPSA) is 38.8 Å². The molecule has 0 atom stereocenters. The molecular formula is C8H12N3. The fraction of sp³-hybridized carbons (Fsp3) is 0.750. The van der Waals surface area contributed by atoms with Gasteiger partial charge in [0.25, 0.3) is 0 Å². The molecule has 0 bridgehead atoms. The summed E-state index contributed by atoms with van der Waals surface area (Å²) in [7, 11) is 0. The van der Waals surface area contributed by atoms with Gasteiger partial charge in [-0.1, -0.05) is 25.7 Å². The van der Waals surface area contributed by atoms with E-state index in [4.69, 9.17) is 0 Å². The van der Waals surface area contributed by atoms with E-state index in [-0.39, 0.29) is 0 Å². The summed E-state index contributed by atoms with van der Waals surface area (Å²) >= 11 is 0. The van der Waals surface area contributed by atoms with Gasteiger partial charge in [0, 0.05) is 0 Å². The Labute approximate surface area is 66.6 Å². The summed E-state index contributed by atoms with van der Waals surface area (Å²) < 4.78 is 0. The van der Waals surface area contributed by atoms with Crippen LogP contribution in [0.4, 0.5) is 0 Å². The van der Waals surface area contributed by atoms with Gasteiger partial charge in [-0.25, -0.2) is 0 Å². The van der Waals surface area contributed by atoms with Gasteiger partial charge in [-0.2, -0.15) is 0 Å². The SMILES string of the molecule is C1=C(CC2CCCC2)N=N[N]1. The van der Waals surface area contributed by atoms with Crippen LogP contribution in [0.3, 0.4) is 0 Å². The van der Waals surface area contributed by atoms with Crippen LogP contribution in [0.1, 0.15) is 32.1 Å². The summed E-state index contributed by atoms with van der Waals surface area (Å²) in [6.45, 7) is 0. The highest BCUT2D eigenvalue weighted by Crippen LogP contribution is 2.30. The van der Waals surface area contributed by atoms with Gasteiger partial charge < -0.3 is 0 Å². The van der Waals surface area contributed by atoms with Crippen molar-refractivity contribution in [2.75, 3.05) is 0 Å². The maximum atomic E-state index is 3.92. The first kappa shape index (κ1) is 6.83. The van der Waals surface area contributed by atoms with Gasteiger partial charge in [0.15, 0.2) is 0 Å². The third-order valence-electron chi connectivity index (χ3n) is 2.40. The molecule has 1 fully saturated rings. The van der Waals surface area contributed by atoms with Crippen molar-refractivity contribution in [3.8, 4) is 0 Å². The molecule has 0 N–H and O–H groups in total. The Bertz CT molecular complexity index is 190. The van der Waals surface area contributed by atoms with E-state index in [1.807, 2.05) is 0 Å². The molecule has 11 heavy (non-hydrogen) atoms. The van der Waals surface area contributed by atoms with E-state index in [1.165, 1.54) is 25.7 Å². The van der Waals surface area contributed by atoms with Crippen molar-refractivity contribution in [3.63, 3.8) is 0 Å². The molecule has 3 heteroatoms. The molecule has 1 aliphatic heterocycles. The number of hydrogen-bond acceptors (Lipinski definition) is 2. The van der Waals surface area contributed by atoms with E-state index in [0.717, 1.165) is 18.0 Å². The summed E-state index contributed by atoms with van der Waals surface area (Å²) in [5.41, 5.74) is 4.77. The number of hydrogen-bond donors (Lipinski definition) is 0. The summed E-state index contributed by atoms with van der Waals surface area (Å²) in [6.07, 6.45) is 8.39. The Balaban J connectivity index is 1.84. The second-order valence-corrected chi connectivity index (χ2v) is 3.28. The zero-order valence-electron chi connectivity index (χ0n) is 6.53. The normalized spacial score (nSPS) is 23.8. The molecule has 2 aliphatic rings. The van der Waals surface area contributed by atoms with Gasteiger partial charge >= 0.3 is 0 Å². The lowest BCUT2D eigenvalue weighted by Gasteiger charge is -2.04. The predicted octanol–water partition coefficient (Wildman–Crippen LogP) is 2.39. The quantitative estimate of drug-likeness (QED) is 0.579. The smallest absolute Gasteiger partial charge is 0.0853 e. The first-order chi connectivity index (χ1) is 5.45. The van der Waals surface area contributed by atoms with Crippen LogP contribution in [-0.2, 0) is 0 Å². The van der Waals surface area contributed by atoms with Crippen LogP contribution in [0.5, 0.6) is 0 Å². The fourth-order valence-corrected chi connectivity index (χ4v) is 1.81. The standard InChI is InChI=1S/C8H12N3/c1-2-4-7(3-1)5-8-6-9-11-10-8/h6-7H,1-5H2. The van der Waals surface area contributed by atoms with Crippen LogP contribution >= 0.6 is 0 Å². The lowest BCUT2D eigenvalue weighted by molar-refractivity contribution is 0.540. The highest BCUT2D eigenvalue weighted by atomic mass is 15.4. The minimum atomic E-state index is 0.855. The van der Waals surface area contributed by atoms with Crippen LogP contribution in [0.2, 0.25) is 0 Å². The summed E-state index contributed by atoms with van der Waals surface area (Å²) in [4.78, 5) is 0. The average Bonchev–Trinajstić information content (AvgIpc) is 2.60. The Morgan fingerprint density at radius 2 is 2.18 bits per heavy atom. The van der Waals surface area contributed by atoms with Crippen molar-refractivity contribution in [1.29, 1.82) is 0 Å². The molecule has 0 aromatic carbocycles. The second kappa shape index (κ2) is 3.03. The molecule has 1 aliphatic carbocycles. The van der Waals surface area contributed by atoms with E-state index in [0.29, 0.717) is 0 Å². The lowest BCUT2D eigenvalue weighted by Crippen LogP contribution is -1.93. The monoisotopic (exact) mass is 150 g/mol. The molecule has 3 nitrogen and oxygen atoms in total. The van der Waals surface area contributed by atoms with Gasteiger partial charge in [0.05, 0.1) is 11.9 Å². The molecule has 0 aromatic heterocycles. The Morgan fingerprint density at radius 3 is 2.82 bits per heavy atom. The van der Waals surface area contributed by atoms with Gasteiger partial charge in [0.1, 0.15) is 0 Å². The number of nitrogens with zero attached hydrogens (tertiary/aromatic N) is 3. The van der Waals surface area contributed by atoms with Gasteiger partial charge in [0.2, 0.25) is 0 Å². The van der Waals surface area contributed by atoms with Crippen molar-refractivity contribution < 1.29 is 0 Å². The first-order valence-corrected chi connectivity index (χ1v) is 4.25. The Kier molecular flexibility index (Phi) is 1.88. The van der Waals surface area contributed by atoms with Crippen LogP contribution in [0.25, 0.3) is 0 Å². The Hall–Kier alpha value is -0.860. The molecule has 1 heterocycles. The van der Waals surface area contributed by atoms with Gasteiger partial charge in [-0.15, -0.1) is 10.5 Å². The van der Waals surface area contributed by atoms with Crippen LogP contribution in [0.15, 0.2) is 22.2 Å². The third kappa shape index (κ3) is 1.59. The zero-order valence-corrected chi connectivity index (χ0v) is 6.53. The molecule has 2 rings (SSSR count). The average molecular weight is 150 g/mol. The summed E-state index contributed by atoms with van der Waals surface area (Å²) in [5, 5.41) is 7.48. The Morgan fingerprint density at radius 1 is 1.36 bits per heavy atom. The first-order valence-electron chi connectivity index (χ1n) is 4.25. The molecule has 0 spiro atoms. The van der Waals surface area contributed by atoms with E-state index in [2.05, 4.69) is 15.8 Å². The van der Waals surface area contributed by atoms with Crippen LogP contribution in [-0.4, -0.2) is 0 Å². The van der Waals surface area contributed by atoms with Gasteiger partial charge in [-0.05, 0) is 17.6 Å². The number of rotatable bonds is 2. The second-order valence-electron chi connectivity index (χ2n) is 3.28. The summed E-state index contributed by atoms with van der Waals surface area (Å²) in [6, 6.07) is 0. The molecule has 0 aromatic rings. The van der Waals surface area contributed by atoms with E-state index >= 15 is 0 Å². The predicted molar refractivity (Wildman–Crippen MR) is 41.6 cm³/mol. The van der Waals surface area contributed by atoms with E-state index < -0.39 is 0 Å². The van der Waals surface area contributed by atoms with Crippen molar-refractivity contribution >= 4 is 0 Å². The maximum absolute atomic E-state index is 3.92. The fourth-order valence-electron chi connectivity index (χ4n) is 1.81. The van der Waals surface area contributed by atoms with Crippen molar-refractivity contribution in [2.24, 2.45) is 16.3 Å². The maximum Gasteiger partial charge on any atom is 0.0853 e. The lowest BCUT2D eigenvalue weighted by atomic mass is 10.0. The highest BCUT2D eigenvalue weighted by Gasteiger charge is 2.17. The number of allylic oxidation sites excluding steroid dienone is 1. The summed E-state index contributed by atoms with van der Waals surface area (Å²) in [5.74, 6) is 0.855. The van der Waals surface area contributed by atoms with Crippen LogP contribution < -0.4 is 5.43 Å². The third-order valence-corrected chi connectivity index (χ3v) is 2.40. The van der Waals surface area contributed by atoms with Crippen molar-refractivity contribution in [2.45, 2.75) is 32.1 Å². The van der Waals surface area contributed by atoms with E-state index in [9.17, 15) is 0 Å². The molecule has 0 saturated heterocycles. The molecule has 0 amide bonds. The van der Waals surface area contributed by atoms with Crippen LogP contribution in [0, 0.1) is 5.92 Å². The highest BCUT2D eigenvalue weighted by molar-refractivity contribution is 5.01. The minimum Gasteiger partial charge on any atom is -0.137 e. The van der Waals surface area contributed by atoms with E-state index in [1.54, 1.807) is 6.20 Å². The van der Waals surface area contributed by atoms with Crippen molar-refractivity contribution in [1.82, 2.24) is 5.43 Å². The molecule has 1 saturated carbocycles. The molecule has 59 valence electrons. The van der Waals surface area contributed by atoms with Crippen molar-refractivity contribution in [3.05, 3.63) is 11.9 Å². The largest absolute Gasteiger partial charge is 0.137 e. The zero-order chi connectivity index (χ0) is 7.52. The molecule has 0 unspecified atom stereocenters. The molecular weight excluding hydrogens is 138 g/mol. The minimum absolute atomic E-state index is 0.855.